The molecule has 0 aromatic carbocycles. The van der Waals surface area contributed by atoms with Crippen LogP contribution >= 0.6 is 0 Å². The molecule has 24 nitrogen and oxygen atoms in total. The molecule has 0 aromatic rings. The van der Waals surface area contributed by atoms with E-state index in [0.717, 1.165) is 4.90 Å². The highest BCUT2D eigenvalue weighted by molar-refractivity contribution is 5.98. The van der Waals surface area contributed by atoms with Crippen molar-refractivity contribution in [2.24, 2.45) is 17.2 Å². The number of primary amides is 1. The van der Waals surface area contributed by atoms with Crippen LogP contribution in [0.4, 0.5) is 0 Å². The Hall–Kier alpha value is -5.17. The lowest BCUT2D eigenvalue weighted by Crippen LogP contribution is -2.63. The first-order valence-electron chi connectivity index (χ1n) is 16.5. The number of amides is 7. The standard InChI is InChI=1S/C29H51N11O13/c1-12(43)20(38-22(46)14(30)5-3-7-34-29(32)33)26(50)39-21(13(2)44)27(51)40-8-4-6-18(40)25(49)37-17(11-42)24(48)36-16(10-41)23(47)35-15(28(52)53)9-19(31)45/h12-18,20-21,41-44H,3-11,30H2,1-2H3,(H2,31,45)(H,35,47)(H,36,48)(H,37,49)(H,38,46)(H,39,50)(H,52,53)(H4,32,33,34)/t12-,13-,14+,15+,16+,17+,18+,20+,21+/m1/s1. The first-order valence-corrected chi connectivity index (χ1v) is 16.5. The maximum absolute atomic E-state index is 13.6. The van der Waals surface area contributed by atoms with E-state index in [1.165, 1.54) is 13.8 Å². The van der Waals surface area contributed by atoms with E-state index in [0.29, 0.717) is 6.42 Å². The second-order valence-corrected chi connectivity index (χ2v) is 12.3. The molecule has 9 atom stereocenters. The van der Waals surface area contributed by atoms with E-state index in [-0.39, 0.29) is 38.3 Å². The van der Waals surface area contributed by atoms with Gasteiger partial charge < -0.3 is 79.5 Å². The van der Waals surface area contributed by atoms with E-state index < -0.39 is 121 Å². The van der Waals surface area contributed by atoms with E-state index in [1.807, 2.05) is 10.6 Å². The number of carbonyl (C=O) groups is 8. The highest BCUT2D eigenvalue weighted by atomic mass is 16.4. The Kier molecular flexibility index (Phi) is 19.1. The molecular weight excluding hydrogens is 710 g/mol. The molecule has 18 N–H and O–H groups in total. The Balaban J connectivity index is 3.00. The second kappa shape index (κ2) is 22.0. The lowest BCUT2D eigenvalue weighted by molar-refractivity contribution is -0.145. The summed E-state index contributed by atoms with van der Waals surface area (Å²) in [5.41, 5.74) is 16.0. The summed E-state index contributed by atoms with van der Waals surface area (Å²) in [5.74, 6) is -9.17. The third-order valence-electron chi connectivity index (χ3n) is 7.94. The Morgan fingerprint density at radius 3 is 1.81 bits per heavy atom. The minimum absolute atomic E-state index is 0.0429. The summed E-state index contributed by atoms with van der Waals surface area (Å²) in [4.78, 5) is 102. The summed E-state index contributed by atoms with van der Waals surface area (Å²) in [7, 11) is 0. The van der Waals surface area contributed by atoms with Gasteiger partial charge in [-0.1, -0.05) is 0 Å². The lowest BCUT2D eigenvalue weighted by atomic mass is 10.1. The van der Waals surface area contributed by atoms with E-state index in [1.54, 1.807) is 0 Å². The van der Waals surface area contributed by atoms with Crippen molar-refractivity contribution in [1.82, 2.24) is 36.8 Å². The molecule has 1 saturated heterocycles. The molecule has 24 heteroatoms. The predicted molar refractivity (Wildman–Crippen MR) is 180 cm³/mol. The molecule has 0 aliphatic carbocycles. The van der Waals surface area contributed by atoms with Crippen molar-refractivity contribution in [3.63, 3.8) is 0 Å². The topological polar surface area (TPSA) is 415 Å². The van der Waals surface area contributed by atoms with Gasteiger partial charge in [-0.25, -0.2) is 4.79 Å². The van der Waals surface area contributed by atoms with Gasteiger partial charge in [0, 0.05) is 13.1 Å². The van der Waals surface area contributed by atoms with Crippen molar-refractivity contribution in [3.05, 3.63) is 0 Å². The van der Waals surface area contributed by atoms with Gasteiger partial charge in [-0.05, 0) is 39.5 Å². The van der Waals surface area contributed by atoms with Gasteiger partial charge in [-0.2, -0.15) is 0 Å². The number of aliphatic carboxylic acids is 1. The number of rotatable bonds is 22. The molecule has 1 fully saturated rings. The van der Waals surface area contributed by atoms with E-state index in [9.17, 15) is 63.9 Å². The van der Waals surface area contributed by atoms with Crippen molar-refractivity contribution in [2.75, 3.05) is 26.3 Å². The molecule has 1 aliphatic rings. The molecule has 1 aliphatic heterocycles. The summed E-state index contributed by atoms with van der Waals surface area (Å²) in [6.07, 6.45) is -3.09. The van der Waals surface area contributed by atoms with Crippen LogP contribution in [0.25, 0.3) is 0 Å². The summed E-state index contributed by atoms with van der Waals surface area (Å²) >= 11 is 0. The normalized spacial score (nSPS) is 18.4. The first-order chi connectivity index (χ1) is 24.7. The van der Waals surface area contributed by atoms with Crippen LogP contribution in [0, 0.1) is 5.41 Å². The van der Waals surface area contributed by atoms with Gasteiger partial charge in [0.15, 0.2) is 5.96 Å². The molecule has 1 heterocycles. The number of aliphatic hydroxyl groups excluding tert-OH is 4. The Bertz CT molecular complexity index is 1350. The fraction of sp³-hybridized carbons (Fsp3) is 0.690. The number of guanidine groups is 1. The number of hydrogen-bond acceptors (Lipinski definition) is 14. The minimum Gasteiger partial charge on any atom is -0.480 e. The van der Waals surface area contributed by atoms with Gasteiger partial charge in [-0.3, -0.25) is 39.0 Å². The number of nitrogens with two attached hydrogens (primary N) is 3. The van der Waals surface area contributed by atoms with Crippen LogP contribution in [0.1, 0.15) is 46.0 Å². The lowest BCUT2D eigenvalue weighted by Gasteiger charge is -2.32. The fourth-order valence-corrected chi connectivity index (χ4v) is 5.06. The van der Waals surface area contributed by atoms with Crippen LogP contribution in [-0.2, 0) is 38.4 Å². The average Bonchev–Trinajstić information content (AvgIpc) is 3.57. The van der Waals surface area contributed by atoms with E-state index in [4.69, 9.17) is 22.6 Å². The molecular formula is C29H51N11O13. The average molecular weight is 762 g/mol. The zero-order valence-corrected chi connectivity index (χ0v) is 29.2. The van der Waals surface area contributed by atoms with E-state index >= 15 is 0 Å². The molecule has 0 aromatic heterocycles. The number of carboxylic acids is 1. The molecule has 0 bridgehead atoms. The highest BCUT2D eigenvalue weighted by Crippen LogP contribution is 2.20. The minimum atomic E-state index is -1.79. The van der Waals surface area contributed by atoms with Crippen LogP contribution < -0.4 is 49.1 Å². The number of aliphatic hydroxyl groups is 4. The van der Waals surface area contributed by atoms with Gasteiger partial charge in [0.05, 0.1) is 37.9 Å². The van der Waals surface area contributed by atoms with Crippen molar-refractivity contribution < 1.29 is 63.9 Å². The summed E-state index contributed by atoms with van der Waals surface area (Å²) in [6.45, 7) is 0.469. The number of hydrogen-bond donors (Lipinski definition) is 15. The smallest absolute Gasteiger partial charge is 0.326 e. The predicted octanol–water partition coefficient (Wildman–Crippen LogP) is -8.30. The Labute approximate surface area is 303 Å². The Morgan fingerprint density at radius 2 is 1.32 bits per heavy atom. The number of carboxylic acid groups (broad SMARTS) is 1. The van der Waals surface area contributed by atoms with Gasteiger partial charge in [0.1, 0.15) is 36.3 Å². The van der Waals surface area contributed by atoms with Crippen LogP contribution in [-0.4, -0.2) is 165 Å². The van der Waals surface area contributed by atoms with Crippen molar-refractivity contribution in [2.45, 2.75) is 100 Å². The summed E-state index contributed by atoms with van der Waals surface area (Å²) in [5, 5.41) is 69.8. The number of carbonyl (C=O) groups excluding carboxylic acids is 7. The number of nitrogens with one attached hydrogen (secondary N) is 7. The molecule has 300 valence electrons. The first kappa shape index (κ1) is 45.9. The SMILES string of the molecule is C[C@@H](O)[C@H](NC(=O)[C@@H](N)CCCNC(=N)N)C(=O)N[C@H](C(=O)N1CCC[C@H]1C(=O)N[C@@H](CO)C(=O)N[C@@H](CO)C(=O)N[C@@H](CC(N)=O)C(=O)O)[C@@H](C)O. The van der Waals surface area contributed by atoms with Crippen LogP contribution in [0.2, 0.25) is 0 Å². The zero-order chi connectivity index (χ0) is 40.6. The number of nitrogens with zero attached hydrogens (tertiary/aromatic N) is 1. The monoisotopic (exact) mass is 761 g/mol. The van der Waals surface area contributed by atoms with Gasteiger partial charge >= 0.3 is 5.97 Å². The molecule has 0 saturated carbocycles. The van der Waals surface area contributed by atoms with Gasteiger partial charge in [0.2, 0.25) is 41.4 Å². The summed E-state index contributed by atoms with van der Waals surface area (Å²) in [6, 6.07) is -11.0. The Morgan fingerprint density at radius 1 is 0.792 bits per heavy atom. The molecule has 53 heavy (non-hydrogen) atoms. The van der Waals surface area contributed by atoms with Crippen molar-refractivity contribution in [3.8, 4) is 0 Å². The molecule has 0 radical (unpaired) electrons. The summed E-state index contributed by atoms with van der Waals surface area (Å²) < 4.78 is 0. The highest BCUT2D eigenvalue weighted by Gasteiger charge is 2.41. The fourth-order valence-electron chi connectivity index (χ4n) is 5.06. The quantitative estimate of drug-likeness (QED) is 0.0277. The van der Waals surface area contributed by atoms with Crippen LogP contribution in [0.15, 0.2) is 0 Å². The van der Waals surface area contributed by atoms with Gasteiger partial charge in [0.25, 0.3) is 0 Å². The van der Waals surface area contributed by atoms with Crippen LogP contribution in [0.3, 0.4) is 0 Å². The zero-order valence-electron chi connectivity index (χ0n) is 29.2. The second-order valence-electron chi connectivity index (χ2n) is 12.3. The maximum atomic E-state index is 13.6. The molecule has 0 unspecified atom stereocenters. The van der Waals surface area contributed by atoms with Crippen molar-refractivity contribution >= 4 is 53.3 Å². The largest absolute Gasteiger partial charge is 0.480 e. The molecule has 7 amide bonds. The molecule has 1 rings (SSSR count). The van der Waals surface area contributed by atoms with Crippen LogP contribution in [0.5, 0.6) is 0 Å². The third kappa shape index (κ3) is 14.8. The molecule has 0 spiro atoms. The maximum Gasteiger partial charge on any atom is 0.326 e. The third-order valence-corrected chi connectivity index (χ3v) is 7.94. The van der Waals surface area contributed by atoms with Crippen molar-refractivity contribution in [1.29, 1.82) is 5.41 Å². The van der Waals surface area contributed by atoms with E-state index in [2.05, 4.69) is 21.3 Å². The van der Waals surface area contributed by atoms with Gasteiger partial charge in [-0.15, -0.1) is 0 Å². The number of likely N-dealkylation sites (tertiary alicyclic amines) is 1.